The molecule has 0 aromatic rings. The predicted molar refractivity (Wildman–Crippen MR) is 44.4 cm³/mol. The molecule has 12 heavy (non-hydrogen) atoms. The van der Waals surface area contributed by atoms with Crippen LogP contribution in [-0.4, -0.2) is 29.2 Å². The summed E-state index contributed by atoms with van der Waals surface area (Å²) in [5.41, 5.74) is -0.369. The normalized spacial score (nSPS) is 38.9. The average molecular weight is 169 g/mol. The highest BCUT2D eigenvalue weighted by atomic mass is 16.5. The zero-order valence-corrected chi connectivity index (χ0v) is 7.83. The molecule has 2 fully saturated rings. The van der Waals surface area contributed by atoms with Crippen LogP contribution in [0.4, 0.5) is 0 Å². The Kier molecular flexibility index (Phi) is 1.49. The summed E-state index contributed by atoms with van der Waals surface area (Å²) in [6, 6.07) is 0.336. The molecule has 0 aromatic carbocycles. The molecule has 68 valence electrons. The summed E-state index contributed by atoms with van der Waals surface area (Å²) in [6.07, 6.45) is 0.961. The molecule has 0 radical (unpaired) electrons. The topological polar surface area (TPSA) is 29.5 Å². The summed E-state index contributed by atoms with van der Waals surface area (Å²) in [4.78, 5) is 13.5. The Morgan fingerprint density at radius 3 is 2.83 bits per heavy atom. The summed E-state index contributed by atoms with van der Waals surface area (Å²) >= 11 is 0. The van der Waals surface area contributed by atoms with Crippen LogP contribution >= 0.6 is 0 Å². The van der Waals surface area contributed by atoms with Crippen molar-refractivity contribution in [2.24, 2.45) is 5.92 Å². The molecular formula is C9H15NO2. The molecule has 3 heteroatoms. The van der Waals surface area contributed by atoms with Gasteiger partial charge in [-0.3, -0.25) is 4.79 Å². The standard InChI is InChI=1S/C9H15NO2/c1-6-4-7-5-12-9(2,3)10(7)8(6)11/h6-7H,4-5H2,1-3H3. The van der Waals surface area contributed by atoms with E-state index in [9.17, 15) is 4.79 Å². The highest BCUT2D eigenvalue weighted by Gasteiger charge is 2.49. The SMILES string of the molecule is CC1CC2COC(C)(C)N2C1=O. The van der Waals surface area contributed by atoms with Crippen molar-refractivity contribution in [3.8, 4) is 0 Å². The zero-order chi connectivity index (χ0) is 8.93. The number of carbonyl (C=O) groups is 1. The second-order valence-corrected chi connectivity index (χ2v) is 4.26. The lowest BCUT2D eigenvalue weighted by Crippen LogP contribution is -2.44. The number of ether oxygens (including phenoxy) is 1. The van der Waals surface area contributed by atoms with Crippen LogP contribution in [0.5, 0.6) is 0 Å². The maximum absolute atomic E-state index is 11.6. The quantitative estimate of drug-likeness (QED) is 0.541. The Morgan fingerprint density at radius 2 is 2.25 bits per heavy atom. The van der Waals surface area contributed by atoms with E-state index in [-0.39, 0.29) is 17.6 Å². The molecule has 0 aliphatic carbocycles. The van der Waals surface area contributed by atoms with E-state index in [1.54, 1.807) is 0 Å². The molecule has 0 aromatic heterocycles. The fourth-order valence-electron chi connectivity index (χ4n) is 2.25. The first kappa shape index (κ1) is 8.05. The van der Waals surface area contributed by atoms with Crippen molar-refractivity contribution in [1.29, 1.82) is 0 Å². The molecule has 1 amide bonds. The van der Waals surface area contributed by atoms with Gasteiger partial charge in [0.25, 0.3) is 0 Å². The second kappa shape index (κ2) is 2.22. The predicted octanol–water partition coefficient (Wildman–Crippen LogP) is 0.990. The van der Waals surface area contributed by atoms with Crippen LogP contribution in [0.15, 0.2) is 0 Å². The molecule has 0 N–H and O–H groups in total. The van der Waals surface area contributed by atoms with Crippen molar-refractivity contribution in [2.75, 3.05) is 6.61 Å². The summed E-state index contributed by atoms with van der Waals surface area (Å²) < 4.78 is 5.53. The molecule has 2 rings (SSSR count). The van der Waals surface area contributed by atoms with Crippen LogP contribution in [0.25, 0.3) is 0 Å². The molecular weight excluding hydrogens is 154 g/mol. The molecule has 2 aliphatic rings. The van der Waals surface area contributed by atoms with Gasteiger partial charge in [0.05, 0.1) is 12.6 Å². The number of carbonyl (C=O) groups excluding carboxylic acids is 1. The minimum Gasteiger partial charge on any atom is -0.354 e. The third-order valence-electron chi connectivity index (χ3n) is 2.86. The minimum atomic E-state index is -0.369. The third kappa shape index (κ3) is 0.891. The zero-order valence-electron chi connectivity index (χ0n) is 7.83. The summed E-state index contributed by atoms with van der Waals surface area (Å²) in [6.45, 7) is 6.63. The maximum atomic E-state index is 11.6. The highest BCUT2D eigenvalue weighted by molar-refractivity contribution is 5.82. The molecule has 2 atom stereocenters. The van der Waals surface area contributed by atoms with Crippen LogP contribution in [0.3, 0.4) is 0 Å². The van der Waals surface area contributed by atoms with Gasteiger partial charge in [0.1, 0.15) is 5.72 Å². The van der Waals surface area contributed by atoms with Gasteiger partial charge >= 0.3 is 0 Å². The largest absolute Gasteiger partial charge is 0.354 e. The molecule has 0 bridgehead atoms. The second-order valence-electron chi connectivity index (χ2n) is 4.26. The Bertz CT molecular complexity index is 225. The number of fused-ring (bicyclic) bond motifs is 1. The number of hydrogen-bond donors (Lipinski definition) is 0. The van der Waals surface area contributed by atoms with E-state index in [1.165, 1.54) is 0 Å². The molecule has 2 unspecified atom stereocenters. The van der Waals surface area contributed by atoms with Crippen LogP contribution in [0, 0.1) is 5.92 Å². The Hall–Kier alpha value is -0.570. The molecule has 0 spiro atoms. The smallest absolute Gasteiger partial charge is 0.228 e. The molecule has 3 nitrogen and oxygen atoms in total. The van der Waals surface area contributed by atoms with Crippen molar-refractivity contribution in [2.45, 2.75) is 39.0 Å². The molecule has 2 heterocycles. The van der Waals surface area contributed by atoms with Crippen LogP contribution < -0.4 is 0 Å². The Labute approximate surface area is 72.7 Å². The van der Waals surface area contributed by atoms with Crippen molar-refractivity contribution in [3.63, 3.8) is 0 Å². The Morgan fingerprint density at radius 1 is 1.58 bits per heavy atom. The maximum Gasteiger partial charge on any atom is 0.228 e. The van der Waals surface area contributed by atoms with Crippen LogP contribution in [-0.2, 0) is 9.53 Å². The van der Waals surface area contributed by atoms with Crippen molar-refractivity contribution in [3.05, 3.63) is 0 Å². The highest BCUT2D eigenvalue weighted by Crippen LogP contribution is 2.37. The van der Waals surface area contributed by atoms with Gasteiger partial charge in [-0.1, -0.05) is 6.92 Å². The fraction of sp³-hybridized carbons (Fsp3) is 0.889. The lowest BCUT2D eigenvalue weighted by atomic mass is 10.1. The van der Waals surface area contributed by atoms with E-state index in [0.717, 1.165) is 6.42 Å². The van der Waals surface area contributed by atoms with Crippen molar-refractivity contribution < 1.29 is 9.53 Å². The van der Waals surface area contributed by atoms with Crippen LogP contribution in [0.2, 0.25) is 0 Å². The van der Waals surface area contributed by atoms with Crippen molar-refractivity contribution >= 4 is 5.91 Å². The van der Waals surface area contributed by atoms with E-state index < -0.39 is 0 Å². The van der Waals surface area contributed by atoms with Gasteiger partial charge in [-0.2, -0.15) is 0 Å². The lowest BCUT2D eigenvalue weighted by Gasteiger charge is -2.29. The van der Waals surface area contributed by atoms with E-state index in [0.29, 0.717) is 12.6 Å². The summed E-state index contributed by atoms with van der Waals surface area (Å²) in [5, 5.41) is 0. The van der Waals surface area contributed by atoms with E-state index >= 15 is 0 Å². The van der Waals surface area contributed by atoms with Gasteiger partial charge in [0.15, 0.2) is 0 Å². The number of amides is 1. The average Bonchev–Trinajstić information content (AvgIpc) is 2.39. The molecule has 2 saturated heterocycles. The van der Waals surface area contributed by atoms with Gasteiger partial charge < -0.3 is 9.64 Å². The van der Waals surface area contributed by atoms with Crippen molar-refractivity contribution in [1.82, 2.24) is 4.90 Å². The number of nitrogens with zero attached hydrogens (tertiary/aromatic N) is 1. The third-order valence-corrected chi connectivity index (χ3v) is 2.86. The van der Waals surface area contributed by atoms with Gasteiger partial charge in [-0.05, 0) is 20.3 Å². The monoisotopic (exact) mass is 169 g/mol. The van der Waals surface area contributed by atoms with E-state index in [1.807, 2.05) is 25.7 Å². The fourth-order valence-corrected chi connectivity index (χ4v) is 2.25. The minimum absolute atomic E-state index is 0.193. The first-order valence-corrected chi connectivity index (χ1v) is 4.49. The first-order chi connectivity index (χ1) is 5.52. The number of hydrogen-bond acceptors (Lipinski definition) is 2. The summed E-state index contributed by atoms with van der Waals surface area (Å²) in [7, 11) is 0. The number of rotatable bonds is 0. The lowest BCUT2D eigenvalue weighted by molar-refractivity contribution is -0.144. The Balaban J connectivity index is 2.27. The van der Waals surface area contributed by atoms with Gasteiger partial charge in [-0.25, -0.2) is 0 Å². The van der Waals surface area contributed by atoms with Gasteiger partial charge in [0.2, 0.25) is 5.91 Å². The molecule has 2 aliphatic heterocycles. The van der Waals surface area contributed by atoms with Crippen LogP contribution in [0.1, 0.15) is 27.2 Å². The van der Waals surface area contributed by atoms with Gasteiger partial charge in [-0.15, -0.1) is 0 Å². The van der Waals surface area contributed by atoms with E-state index in [2.05, 4.69) is 0 Å². The summed E-state index contributed by atoms with van der Waals surface area (Å²) in [5.74, 6) is 0.445. The van der Waals surface area contributed by atoms with E-state index in [4.69, 9.17) is 4.74 Å². The molecule has 0 saturated carbocycles. The van der Waals surface area contributed by atoms with Gasteiger partial charge in [0, 0.05) is 5.92 Å². The first-order valence-electron chi connectivity index (χ1n) is 4.49.